The van der Waals surface area contributed by atoms with Gasteiger partial charge in [0.1, 0.15) is 0 Å². The Labute approximate surface area is 245 Å². The molecule has 40 heavy (non-hydrogen) atoms. The van der Waals surface area contributed by atoms with Crippen LogP contribution in [0.25, 0.3) is 5.70 Å². The normalized spacial score (nSPS) is 18.2. The van der Waals surface area contributed by atoms with Gasteiger partial charge in [-0.3, -0.25) is 14.6 Å². The third-order valence-corrected chi connectivity index (χ3v) is 8.27. The molecule has 2 saturated heterocycles. The van der Waals surface area contributed by atoms with Crippen LogP contribution in [0.5, 0.6) is 0 Å². The number of urea groups is 1. The zero-order valence-corrected chi connectivity index (χ0v) is 24.3. The Kier molecular flexibility index (Phi) is 8.87. The van der Waals surface area contributed by atoms with Crippen molar-refractivity contribution in [3.05, 3.63) is 107 Å². The van der Waals surface area contributed by atoms with Gasteiger partial charge in [-0.1, -0.05) is 77.1 Å². The highest BCUT2D eigenvalue weighted by Crippen LogP contribution is 2.29. The largest absolute Gasteiger partial charge is 0.370 e. The van der Waals surface area contributed by atoms with E-state index in [1.807, 2.05) is 41.3 Å². The molecule has 0 aliphatic carbocycles. The topological polar surface area (TPSA) is 73.1 Å². The number of nitrogens with two attached hydrogens (primary N) is 1. The summed E-state index contributed by atoms with van der Waals surface area (Å²) in [6, 6.07) is 26.4. The van der Waals surface area contributed by atoms with Crippen molar-refractivity contribution < 1.29 is 9.59 Å². The molecular formula is C32H36BrN5O2. The van der Waals surface area contributed by atoms with Gasteiger partial charge in [0.25, 0.3) is 0 Å². The van der Waals surface area contributed by atoms with Crippen molar-refractivity contribution in [3.8, 4) is 0 Å². The molecule has 2 heterocycles. The molecule has 1 unspecified atom stereocenters. The van der Waals surface area contributed by atoms with E-state index in [0.29, 0.717) is 19.6 Å². The van der Waals surface area contributed by atoms with Gasteiger partial charge in [0.15, 0.2) is 0 Å². The Morgan fingerprint density at radius 3 is 2.25 bits per heavy atom. The highest BCUT2D eigenvalue weighted by molar-refractivity contribution is 9.10. The first kappa shape index (κ1) is 27.9. The van der Waals surface area contributed by atoms with Crippen molar-refractivity contribution in [1.29, 1.82) is 0 Å². The molecular weight excluding hydrogens is 566 g/mol. The van der Waals surface area contributed by atoms with Gasteiger partial charge < -0.3 is 15.5 Å². The number of piperazine rings is 1. The molecule has 2 aliphatic heterocycles. The second-order valence-corrected chi connectivity index (χ2v) is 11.6. The van der Waals surface area contributed by atoms with Gasteiger partial charge in [0.2, 0.25) is 5.91 Å². The minimum absolute atomic E-state index is 0.0492. The Balaban J connectivity index is 1.29. The first-order chi connectivity index (χ1) is 19.4. The number of carbonyl (C=O) groups excluding carboxylic acids is 2. The highest BCUT2D eigenvalue weighted by Gasteiger charge is 2.34. The maximum atomic E-state index is 13.7. The molecule has 3 aromatic rings. The minimum atomic E-state index is -0.352. The third-order valence-electron chi connectivity index (χ3n) is 7.74. The summed E-state index contributed by atoms with van der Waals surface area (Å²) in [5, 5.41) is 0. The standard InChI is InChI=1S/C32H36BrN5O2/c1-24(36-17-15-35(16-18-36)20-25-7-3-2-4-8-25)30-10-6-5-9-27(30)23-37-21-26(19-31(34)39)22-38(32(37)40)29-13-11-28(33)12-14-29/h2-14,26H,1,15-23H2,(H2,34,39). The van der Waals surface area contributed by atoms with Crippen molar-refractivity contribution in [2.75, 3.05) is 44.2 Å². The molecule has 1 atom stereocenters. The zero-order chi connectivity index (χ0) is 28.1. The van der Waals surface area contributed by atoms with Gasteiger partial charge in [-0.25, -0.2) is 4.79 Å². The van der Waals surface area contributed by atoms with Crippen LogP contribution in [0.3, 0.4) is 0 Å². The Hall–Kier alpha value is -3.62. The molecule has 3 amide bonds. The summed E-state index contributed by atoms with van der Waals surface area (Å²) < 4.78 is 0.944. The molecule has 0 radical (unpaired) electrons. The molecule has 8 heteroatoms. The Morgan fingerprint density at radius 1 is 0.875 bits per heavy atom. The van der Waals surface area contributed by atoms with E-state index in [1.165, 1.54) is 5.56 Å². The molecule has 7 nitrogen and oxygen atoms in total. The maximum Gasteiger partial charge on any atom is 0.324 e. The summed E-state index contributed by atoms with van der Waals surface area (Å²) in [5.41, 5.74) is 10.8. The van der Waals surface area contributed by atoms with Gasteiger partial charge in [-0.15, -0.1) is 0 Å². The number of nitrogens with zero attached hydrogens (tertiary/aromatic N) is 4. The second-order valence-electron chi connectivity index (χ2n) is 10.6. The summed E-state index contributed by atoms with van der Waals surface area (Å²) in [6.07, 6.45) is 0.235. The lowest BCUT2D eigenvalue weighted by Gasteiger charge is -2.41. The lowest BCUT2D eigenvalue weighted by molar-refractivity contribution is -0.119. The van der Waals surface area contributed by atoms with Crippen molar-refractivity contribution in [1.82, 2.24) is 14.7 Å². The van der Waals surface area contributed by atoms with Crippen LogP contribution >= 0.6 is 15.9 Å². The fraction of sp³-hybridized carbons (Fsp3) is 0.312. The van der Waals surface area contributed by atoms with Crippen molar-refractivity contribution in [2.45, 2.75) is 19.5 Å². The highest BCUT2D eigenvalue weighted by atomic mass is 79.9. The molecule has 2 N–H and O–H groups in total. The van der Waals surface area contributed by atoms with E-state index < -0.39 is 0 Å². The zero-order valence-electron chi connectivity index (χ0n) is 22.7. The summed E-state index contributed by atoms with van der Waals surface area (Å²) >= 11 is 3.47. The van der Waals surface area contributed by atoms with E-state index in [1.54, 1.807) is 4.90 Å². The van der Waals surface area contributed by atoms with E-state index in [0.717, 1.165) is 59.7 Å². The average molecular weight is 603 g/mol. The molecule has 3 aromatic carbocycles. The smallest absolute Gasteiger partial charge is 0.324 e. The second kappa shape index (κ2) is 12.7. The molecule has 0 spiro atoms. The monoisotopic (exact) mass is 601 g/mol. The van der Waals surface area contributed by atoms with Gasteiger partial charge in [-0.05, 0) is 35.4 Å². The SMILES string of the molecule is C=C(c1ccccc1CN1CC(CC(N)=O)CN(c2ccc(Br)cc2)C1=O)N1CCN(Cc2ccccc2)CC1. The predicted molar refractivity (Wildman–Crippen MR) is 163 cm³/mol. The Morgan fingerprint density at radius 2 is 1.55 bits per heavy atom. The summed E-state index contributed by atoms with van der Waals surface area (Å²) in [4.78, 5) is 33.9. The van der Waals surface area contributed by atoms with Crippen LogP contribution < -0.4 is 10.6 Å². The van der Waals surface area contributed by atoms with Gasteiger partial charge in [0, 0.05) is 86.1 Å². The van der Waals surface area contributed by atoms with Crippen LogP contribution in [0.1, 0.15) is 23.1 Å². The van der Waals surface area contributed by atoms with Crippen LogP contribution in [0.4, 0.5) is 10.5 Å². The minimum Gasteiger partial charge on any atom is -0.370 e. The molecule has 0 bridgehead atoms. The number of amides is 3. The van der Waals surface area contributed by atoms with Crippen LogP contribution in [0.15, 0.2) is 89.9 Å². The molecule has 5 rings (SSSR count). The fourth-order valence-electron chi connectivity index (χ4n) is 5.67. The van der Waals surface area contributed by atoms with Crippen LogP contribution in [-0.4, -0.2) is 65.9 Å². The first-order valence-corrected chi connectivity index (χ1v) is 14.6. The Bertz CT molecular complexity index is 1340. The van der Waals surface area contributed by atoms with Crippen LogP contribution in [0, 0.1) is 5.92 Å². The lowest BCUT2D eigenvalue weighted by atomic mass is 9.98. The van der Waals surface area contributed by atoms with E-state index in [-0.39, 0.29) is 24.3 Å². The third kappa shape index (κ3) is 6.74. The van der Waals surface area contributed by atoms with Gasteiger partial charge in [-0.2, -0.15) is 0 Å². The van der Waals surface area contributed by atoms with Crippen molar-refractivity contribution >= 4 is 39.3 Å². The van der Waals surface area contributed by atoms with Gasteiger partial charge >= 0.3 is 6.03 Å². The van der Waals surface area contributed by atoms with E-state index >= 15 is 0 Å². The predicted octanol–water partition coefficient (Wildman–Crippen LogP) is 5.17. The first-order valence-electron chi connectivity index (χ1n) is 13.8. The summed E-state index contributed by atoms with van der Waals surface area (Å²) in [6.45, 7) is 10.6. The molecule has 0 saturated carbocycles. The quantitative estimate of drug-likeness (QED) is 0.367. The molecule has 2 aliphatic rings. The summed E-state index contributed by atoms with van der Waals surface area (Å²) in [7, 11) is 0. The number of hydrogen-bond donors (Lipinski definition) is 1. The number of carbonyl (C=O) groups is 2. The maximum absolute atomic E-state index is 13.7. The van der Waals surface area contributed by atoms with Crippen molar-refractivity contribution in [3.63, 3.8) is 0 Å². The van der Waals surface area contributed by atoms with Crippen LogP contribution in [0.2, 0.25) is 0 Å². The van der Waals surface area contributed by atoms with E-state index in [4.69, 9.17) is 5.73 Å². The fourth-order valence-corrected chi connectivity index (χ4v) is 5.93. The van der Waals surface area contributed by atoms with Crippen LogP contribution in [-0.2, 0) is 17.9 Å². The van der Waals surface area contributed by atoms with E-state index in [9.17, 15) is 9.59 Å². The number of primary amides is 1. The number of hydrogen-bond acceptors (Lipinski definition) is 4. The van der Waals surface area contributed by atoms with Crippen molar-refractivity contribution in [2.24, 2.45) is 11.7 Å². The van der Waals surface area contributed by atoms with E-state index in [2.05, 4.69) is 74.8 Å². The average Bonchev–Trinajstić information content (AvgIpc) is 2.96. The van der Waals surface area contributed by atoms with Gasteiger partial charge in [0.05, 0.1) is 0 Å². The number of anilines is 1. The number of rotatable bonds is 9. The molecule has 208 valence electrons. The lowest BCUT2D eigenvalue weighted by Crippen LogP contribution is -2.54. The number of halogens is 1. The molecule has 0 aromatic heterocycles. The summed E-state index contributed by atoms with van der Waals surface area (Å²) in [5.74, 6) is -0.401. The molecule has 2 fully saturated rings. The number of benzene rings is 3.